The Morgan fingerprint density at radius 3 is 2.52 bits per heavy atom. The number of nitrogens with zero attached hydrogens (tertiary/aromatic N) is 4. The summed E-state index contributed by atoms with van der Waals surface area (Å²) in [6.07, 6.45) is 1.76. The molecule has 27 heavy (non-hydrogen) atoms. The van der Waals surface area contributed by atoms with Crippen LogP contribution in [-0.4, -0.2) is 61.1 Å². The number of hydrogen-bond acceptors (Lipinski definition) is 4. The molecule has 1 saturated heterocycles. The zero-order valence-corrected chi connectivity index (χ0v) is 18.3. The number of benzene rings is 1. The Balaban J connectivity index is 0.00000261. The molecule has 0 radical (unpaired) electrons. The van der Waals surface area contributed by atoms with Gasteiger partial charge >= 0.3 is 0 Å². The average Bonchev–Trinajstić information content (AvgIpc) is 2.70. The van der Waals surface area contributed by atoms with Gasteiger partial charge in [-0.3, -0.25) is 9.89 Å². The molecule has 7 heteroatoms. The van der Waals surface area contributed by atoms with Crippen molar-refractivity contribution in [2.75, 3.05) is 40.3 Å². The maximum absolute atomic E-state index is 5.18. The highest BCUT2D eigenvalue weighted by molar-refractivity contribution is 14.0. The third-order valence-corrected chi connectivity index (χ3v) is 4.59. The maximum Gasteiger partial charge on any atom is 0.213 e. The van der Waals surface area contributed by atoms with E-state index in [9.17, 15) is 0 Å². The fourth-order valence-electron chi connectivity index (χ4n) is 3.14. The summed E-state index contributed by atoms with van der Waals surface area (Å²) in [6, 6.07) is 14.6. The molecule has 1 N–H and O–H groups in total. The van der Waals surface area contributed by atoms with Crippen LogP contribution in [0.3, 0.4) is 0 Å². The van der Waals surface area contributed by atoms with Crippen LogP contribution in [-0.2, 0) is 13.1 Å². The summed E-state index contributed by atoms with van der Waals surface area (Å²) in [7, 11) is 3.47. The van der Waals surface area contributed by atoms with Gasteiger partial charge in [-0.25, -0.2) is 4.98 Å². The summed E-state index contributed by atoms with van der Waals surface area (Å²) in [5.41, 5.74) is 2.50. The molecule has 146 valence electrons. The van der Waals surface area contributed by atoms with Crippen LogP contribution in [0.25, 0.3) is 0 Å². The molecule has 1 aliphatic heterocycles. The molecule has 2 aromatic rings. The van der Waals surface area contributed by atoms with Crippen molar-refractivity contribution in [1.29, 1.82) is 0 Å². The van der Waals surface area contributed by atoms with Gasteiger partial charge in [-0.1, -0.05) is 30.3 Å². The van der Waals surface area contributed by atoms with Gasteiger partial charge in [-0.15, -0.1) is 24.0 Å². The van der Waals surface area contributed by atoms with Gasteiger partial charge < -0.3 is 15.0 Å². The number of guanidine groups is 1. The van der Waals surface area contributed by atoms with E-state index >= 15 is 0 Å². The molecule has 3 rings (SSSR count). The third kappa shape index (κ3) is 6.35. The molecule has 1 aliphatic rings. The number of halogens is 1. The van der Waals surface area contributed by atoms with Crippen molar-refractivity contribution in [1.82, 2.24) is 20.1 Å². The molecular weight excluding hydrogens is 453 g/mol. The number of ether oxygens (including phenoxy) is 1. The minimum Gasteiger partial charge on any atom is -0.481 e. The van der Waals surface area contributed by atoms with Crippen molar-refractivity contribution in [3.05, 3.63) is 59.8 Å². The van der Waals surface area contributed by atoms with E-state index in [1.54, 1.807) is 13.3 Å². The van der Waals surface area contributed by atoms with E-state index in [-0.39, 0.29) is 24.0 Å². The van der Waals surface area contributed by atoms with Crippen LogP contribution >= 0.6 is 24.0 Å². The van der Waals surface area contributed by atoms with Crippen LogP contribution in [0.15, 0.2) is 53.7 Å². The van der Waals surface area contributed by atoms with Crippen molar-refractivity contribution in [3.8, 4) is 5.88 Å². The zero-order chi connectivity index (χ0) is 18.2. The highest BCUT2D eigenvalue weighted by Gasteiger charge is 2.19. The maximum atomic E-state index is 5.18. The largest absolute Gasteiger partial charge is 0.481 e. The number of pyridine rings is 1. The average molecular weight is 481 g/mol. The number of piperazine rings is 1. The molecular formula is C20H28IN5O. The molecule has 0 saturated carbocycles. The van der Waals surface area contributed by atoms with Crippen LogP contribution < -0.4 is 10.1 Å². The van der Waals surface area contributed by atoms with Crippen LogP contribution in [0.2, 0.25) is 0 Å². The number of nitrogens with one attached hydrogen (secondary N) is 1. The van der Waals surface area contributed by atoms with E-state index in [1.165, 1.54) is 5.56 Å². The Kier molecular flexibility index (Phi) is 8.80. The lowest BCUT2D eigenvalue weighted by Gasteiger charge is -2.36. The number of aromatic nitrogens is 1. The van der Waals surface area contributed by atoms with Crippen LogP contribution in [0, 0.1) is 0 Å². The molecule has 2 heterocycles. The molecule has 0 unspecified atom stereocenters. The van der Waals surface area contributed by atoms with Crippen LogP contribution in [0.1, 0.15) is 11.1 Å². The Morgan fingerprint density at radius 1 is 1.11 bits per heavy atom. The Morgan fingerprint density at radius 2 is 1.85 bits per heavy atom. The van der Waals surface area contributed by atoms with Gasteiger partial charge in [0.2, 0.25) is 5.88 Å². The minimum absolute atomic E-state index is 0. The van der Waals surface area contributed by atoms with Crippen LogP contribution in [0.5, 0.6) is 5.88 Å². The lowest BCUT2D eigenvalue weighted by molar-refractivity contribution is 0.172. The number of aliphatic imine (C=N–C) groups is 1. The van der Waals surface area contributed by atoms with Crippen molar-refractivity contribution in [3.63, 3.8) is 0 Å². The quantitative estimate of drug-likeness (QED) is 0.405. The summed E-state index contributed by atoms with van der Waals surface area (Å²) in [4.78, 5) is 13.4. The summed E-state index contributed by atoms with van der Waals surface area (Å²) in [5, 5.41) is 3.45. The predicted octanol–water partition coefficient (Wildman–Crippen LogP) is 2.60. The van der Waals surface area contributed by atoms with Gasteiger partial charge in [0, 0.05) is 58.6 Å². The Bertz CT molecular complexity index is 717. The smallest absolute Gasteiger partial charge is 0.213 e. The van der Waals surface area contributed by atoms with Crippen molar-refractivity contribution in [2.45, 2.75) is 13.1 Å². The highest BCUT2D eigenvalue weighted by atomic mass is 127. The standard InChI is InChI=1S/C20H27N5O.HI/c1-21-20(23-15-18-8-9-22-19(14-18)26-2)25-12-10-24(11-13-25)16-17-6-4-3-5-7-17;/h3-9,14H,10-13,15-16H2,1-2H3,(H,21,23);1H. The fourth-order valence-corrected chi connectivity index (χ4v) is 3.14. The van der Waals surface area contributed by atoms with E-state index in [0.717, 1.165) is 44.2 Å². The molecule has 1 aromatic carbocycles. The number of hydrogen-bond donors (Lipinski definition) is 1. The first-order chi connectivity index (χ1) is 12.8. The SMILES string of the molecule is CN=C(NCc1ccnc(OC)c1)N1CCN(Cc2ccccc2)CC1.I. The van der Waals surface area contributed by atoms with E-state index in [1.807, 2.05) is 19.2 Å². The first-order valence-corrected chi connectivity index (χ1v) is 8.99. The van der Waals surface area contributed by atoms with Gasteiger partial charge in [0.15, 0.2) is 5.96 Å². The van der Waals surface area contributed by atoms with Gasteiger partial charge in [-0.2, -0.15) is 0 Å². The summed E-state index contributed by atoms with van der Waals surface area (Å²) < 4.78 is 5.18. The lowest BCUT2D eigenvalue weighted by atomic mass is 10.2. The van der Waals surface area contributed by atoms with Crippen molar-refractivity contribution in [2.24, 2.45) is 4.99 Å². The number of rotatable bonds is 5. The van der Waals surface area contributed by atoms with E-state index < -0.39 is 0 Å². The molecule has 0 aliphatic carbocycles. The molecule has 0 bridgehead atoms. The van der Waals surface area contributed by atoms with Gasteiger partial charge in [0.05, 0.1) is 7.11 Å². The normalized spacial score (nSPS) is 15.2. The molecule has 6 nitrogen and oxygen atoms in total. The monoisotopic (exact) mass is 481 g/mol. The van der Waals surface area contributed by atoms with Crippen molar-refractivity contribution >= 4 is 29.9 Å². The van der Waals surface area contributed by atoms with Crippen LogP contribution in [0.4, 0.5) is 0 Å². The predicted molar refractivity (Wildman–Crippen MR) is 120 cm³/mol. The fraction of sp³-hybridized carbons (Fsp3) is 0.400. The van der Waals surface area contributed by atoms with E-state index in [0.29, 0.717) is 12.4 Å². The summed E-state index contributed by atoms with van der Waals surface area (Å²) in [6.45, 7) is 5.75. The third-order valence-electron chi connectivity index (χ3n) is 4.59. The molecule has 0 atom stereocenters. The summed E-state index contributed by atoms with van der Waals surface area (Å²) in [5.74, 6) is 1.58. The first kappa shape index (κ1) is 21.4. The summed E-state index contributed by atoms with van der Waals surface area (Å²) >= 11 is 0. The Labute approximate surface area is 178 Å². The molecule has 1 aromatic heterocycles. The second-order valence-electron chi connectivity index (χ2n) is 6.36. The molecule has 1 fully saturated rings. The van der Waals surface area contributed by atoms with Crippen molar-refractivity contribution < 1.29 is 4.74 Å². The second-order valence-corrected chi connectivity index (χ2v) is 6.36. The van der Waals surface area contributed by atoms with Gasteiger partial charge in [-0.05, 0) is 17.2 Å². The second kappa shape index (κ2) is 11.1. The number of methoxy groups -OCH3 is 1. The minimum atomic E-state index is 0. The zero-order valence-electron chi connectivity index (χ0n) is 16.0. The van der Waals surface area contributed by atoms with Gasteiger partial charge in [0.25, 0.3) is 0 Å². The molecule has 0 spiro atoms. The Hall–Kier alpha value is -1.87. The molecule has 0 amide bonds. The highest BCUT2D eigenvalue weighted by Crippen LogP contribution is 2.10. The van der Waals surface area contributed by atoms with E-state index in [2.05, 4.69) is 55.4 Å². The van der Waals surface area contributed by atoms with Gasteiger partial charge in [0.1, 0.15) is 0 Å². The lowest BCUT2D eigenvalue weighted by Crippen LogP contribution is -2.52. The topological polar surface area (TPSA) is 53.0 Å². The van der Waals surface area contributed by atoms with E-state index in [4.69, 9.17) is 4.74 Å². The first-order valence-electron chi connectivity index (χ1n) is 8.99.